The molecule has 2 nitrogen and oxygen atoms in total. The number of aromatic nitrogens is 1. The summed E-state index contributed by atoms with van der Waals surface area (Å²) in [5.74, 6) is -0.695. The highest BCUT2D eigenvalue weighted by Crippen LogP contribution is 2.35. The highest BCUT2D eigenvalue weighted by molar-refractivity contribution is 7.21. The molecule has 122 valence electrons. The Morgan fingerprint density at radius 3 is 2.60 bits per heavy atom. The number of nitrogens with zero attached hydrogens (tertiary/aromatic N) is 1. The summed E-state index contributed by atoms with van der Waals surface area (Å²) in [6.07, 6.45) is 0. The van der Waals surface area contributed by atoms with E-state index in [0.29, 0.717) is 21.2 Å². The van der Waals surface area contributed by atoms with Crippen LogP contribution in [0.4, 0.5) is 4.39 Å². The maximum Gasteiger partial charge on any atom is 0.193 e. The summed E-state index contributed by atoms with van der Waals surface area (Å²) in [7, 11) is 0. The van der Waals surface area contributed by atoms with Crippen molar-refractivity contribution in [3.63, 3.8) is 0 Å². The van der Waals surface area contributed by atoms with Crippen molar-refractivity contribution in [3.05, 3.63) is 88.7 Å². The smallest absolute Gasteiger partial charge is 0.193 e. The molecule has 0 aliphatic heterocycles. The summed E-state index contributed by atoms with van der Waals surface area (Å²) in [6.45, 7) is 0. The Morgan fingerprint density at radius 2 is 1.80 bits per heavy atom. The van der Waals surface area contributed by atoms with E-state index in [1.54, 1.807) is 54.6 Å². The SMILES string of the molecule is O=C(c1ccccc1)c1cccc(F)c1-c1nc2ccc(Cl)cc2s1. The first-order valence-corrected chi connectivity index (χ1v) is 8.77. The van der Waals surface area contributed by atoms with Crippen molar-refractivity contribution in [3.8, 4) is 10.6 Å². The van der Waals surface area contributed by atoms with Crippen molar-refractivity contribution in [2.75, 3.05) is 0 Å². The van der Waals surface area contributed by atoms with Gasteiger partial charge in [-0.3, -0.25) is 4.79 Å². The lowest BCUT2D eigenvalue weighted by Gasteiger charge is -2.07. The number of carbonyl (C=O) groups is 1. The van der Waals surface area contributed by atoms with E-state index in [2.05, 4.69) is 4.98 Å². The van der Waals surface area contributed by atoms with E-state index in [1.807, 2.05) is 6.07 Å². The molecule has 0 aliphatic carbocycles. The zero-order valence-electron chi connectivity index (χ0n) is 12.9. The van der Waals surface area contributed by atoms with Gasteiger partial charge in [0.05, 0.1) is 15.8 Å². The van der Waals surface area contributed by atoms with Gasteiger partial charge in [-0.25, -0.2) is 9.37 Å². The van der Waals surface area contributed by atoms with Gasteiger partial charge in [-0.15, -0.1) is 11.3 Å². The van der Waals surface area contributed by atoms with Crippen molar-refractivity contribution < 1.29 is 9.18 Å². The summed E-state index contributed by atoms with van der Waals surface area (Å²) in [5.41, 5.74) is 1.77. The average molecular weight is 368 g/mol. The van der Waals surface area contributed by atoms with Gasteiger partial charge in [-0.05, 0) is 24.3 Å². The molecule has 3 aromatic carbocycles. The summed E-state index contributed by atoms with van der Waals surface area (Å²) in [5, 5.41) is 1.06. The van der Waals surface area contributed by atoms with E-state index in [1.165, 1.54) is 17.4 Å². The average Bonchev–Trinajstić information content (AvgIpc) is 3.04. The van der Waals surface area contributed by atoms with Gasteiger partial charge in [-0.2, -0.15) is 0 Å². The number of fused-ring (bicyclic) bond motifs is 1. The Bertz CT molecular complexity index is 1090. The molecular formula is C20H11ClFNOS. The van der Waals surface area contributed by atoms with Gasteiger partial charge in [0.15, 0.2) is 5.78 Å². The molecule has 5 heteroatoms. The van der Waals surface area contributed by atoms with Crippen LogP contribution in [0, 0.1) is 5.82 Å². The van der Waals surface area contributed by atoms with Gasteiger partial charge >= 0.3 is 0 Å². The number of halogens is 2. The third kappa shape index (κ3) is 2.95. The highest BCUT2D eigenvalue weighted by Gasteiger charge is 2.20. The van der Waals surface area contributed by atoms with Crippen LogP contribution in [0.1, 0.15) is 15.9 Å². The molecular weight excluding hydrogens is 357 g/mol. The van der Waals surface area contributed by atoms with Gasteiger partial charge in [0.25, 0.3) is 0 Å². The number of carbonyl (C=O) groups excluding carboxylic acids is 1. The third-order valence-electron chi connectivity index (χ3n) is 3.86. The van der Waals surface area contributed by atoms with E-state index in [4.69, 9.17) is 11.6 Å². The number of hydrogen-bond acceptors (Lipinski definition) is 3. The van der Waals surface area contributed by atoms with Crippen LogP contribution >= 0.6 is 22.9 Å². The maximum atomic E-state index is 14.6. The third-order valence-corrected chi connectivity index (χ3v) is 5.13. The lowest BCUT2D eigenvalue weighted by Crippen LogP contribution is -2.04. The molecule has 1 aromatic heterocycles. The van der Waals surface area contributed by atoms with Gasteiger partial charge in [0.1, 0.15) is 10.8 Å². The molecule has 0 fully saturated rings. The second-order valence-corrected chi connectivity index (χ2v) is 6.96. The number of benzene rings is 3. The quantitative estimate of drug-likeness (QED) is 0.416. The summed E-state index contributed by atoms with van der Waals surface area (Å²) in [6, 6.07) is 18.7. The monoisotopic (exact) mass is 367 g/mol. The molecule has 0 spiro atoms. The Balaban J connectivity index is 1.90. The van der Waals surface area contributed by atoms with Crippen LogP contribution < -0.4 is 0 Å². The van der Waals surface area contributed by atoms with E-state index in [-0.39, 0.29) is 11.3 Å². The van der Waals surface area contributed by atoms with Crippen LogP contribution in [0.25, 0.3) is 20.8 Å². The minimum Gasteiger partial charge on any atom is -0.289 e. The molecule has 0 unspecified atom stereocenters. The molecule has 0 amide bonds. The summed E-state index contributed by atoms with van der Waals surface area (Å²) < 4.78 is 15.5. The van der Waals surface area contributed by atoms with Crippen LogP contribution in [0.15, 0.2) is 66.7 Å². The van der Waals surface area contributed by atoms with Gasteiger partial charge in [0, 0.05) is 16.1 Å². The number of rotatable bonds is 3. The minimum absolute atomic E-state index is 0.229. The van der Waals surface area contributed by atoms with E-state index < -0.39 is 5.82 Å². The Morgan fingerprint density at radius 1 is 1.00 bits per heavy atom. The summed E-state index contributed by atoms with van der Waals surface area (Å²) >= 11 is 7.34. The lowest BCUT2D eigenvalue weighted by molar-refractivity contribution is 0.103. The number of hydrogen-bond donors (Lipinski definition) is 0. The van der Waals surface area contributed by atoms with Crippen LogP contribution in [-0.2, 0) is 0 Å². The van der Waals surface area contributed by atoms with Gasteiger partial charge in [0.2, 0.25) is 0 Å². The maximum absolute atomic E-state index is 14.6. The van der Waals surface area contributed by atoms with Crippen molar-refractivity contribution in [1.82, 2.24) is 4.98 Å². The molecule has 0 atom stereocenters. The Labute approximate surface area is 152 Å². The molecule has 0 bridgehead atoms. The lowest BCUT2D eigenvalue weighted by atomic mass is 9.98. The Kier molecular flexibility index (Phi) is 4.07. The van der Waals surface area contributed by atoms with Gasteiger partial charge < -0.3 is 0 Å². The minimum atomic E-state index is -0.466. The van der Waals surface area contributed by atoms with Crippen molar-refractivity contribution in [2.24, 2.45) is 0 Å². The van der Waals surface area contributed by atoms with Crippen molar-refractivity contribution in [2.45, 2.75) is 0 Å². The normalized spacial score (nSPS) is 11.0. The fourth-order valence-electron chi connectivity index (χ4n) is 2.68. The zero-order valence-corrected chi connectivity index (χ0v) is 14.4. The molecule has 0 saturated heterocycles. The predicted octanol–water partition coefficient (Wildman–Crippen LogP) is 5.99. The topological polar surface area (TPSA) is 30.0 Å². The van der Waals surface area contributed by atoms with E-state index in [9.17, 15) is 9.18 Å². The molecule has 0 saturated carbocycles. The molecule has 0 N–H and O–H groups in total. The molecule has 4 rings (SSSR count). The van der Waals surface area contributed by atoms with Crippen molar-refractivity contribution >= 4 is 38.9 Å². The molecule has 0 aliphatic rings. The van der Waals surface area contributed by atoms with Crippen LogP contribution in [0.2, 0.25) is 5.02 Å². The second kappa shape index (κ2) is 6.39. The van der Waals surface area contributed by atoms with E-state index >= 15 is 0 Å². The van der Waals surface area contributed by atoms with Gasteiger partial charge in [-0.1, -0.05) is 54.1 Å². The van der Waals surface area contributed by atoms with Crippen LogP contribution in [-0.4, -0.2) is 10.8 Å². The summed E-state index contributed by atoms with van der Waals surface area (Å²) in [4.78, 5) is 17.3. The largest absolute Gasteiger partial charge is 0.289 e. The fourth-order valence-corrected chi connectivity index (χ4v) is 3.98. The molecule has 4 aromatic rings. The Hall–Kier alpha value is -2.56. The number of thiazole rings is 1. The van der Waals surface area contributed by atoms with Crippen LogP contribution in [0.5, 0.6) is 0 Å². The molecule has 0 radical (unpaired) electrons. The first-order valence-electron chi connectivity index (χ1n) is 7.58. The number of ketones is 1. The molecule has 25 heavy (non-hydrogen) atoms. The first-order chi connectivity index (χ1) is 12.1. The zero-order chi connectivity index (χ0) is 17.4. The predicted molar refractivity (Wildman–Crippen MR) is 99.9 cm³/mol. The van der Waals surface area contributed by atoms with Crippen LogP contribution in [0.3, 0.4) is 0 Å². The molecule has 1 heterocycles. The second-order valence-electron chi connectivity index (χ2n) is 5.49. The highest BCUT2D eigenvalue weighted by atomic mass is 35.5. The van der Waals surface area contributed by atoms with Crippen molar-refractivity contribution in [1.29, 1.82) is 0 Å². The fraction of sp³-hybridized carbons (Fsp3) is 0. The van der Waals surface area contributed by atoms with E-state index in [0.717, 1.165) is 10.2 Å². The standard InChI is InChI=1S/C20H11ClFNOS/c21-13-9-10-16-17(11-13)25-20(23-16)18-14(7-4-8-15(18)22)19(24)12-5-2-1-3-6-12/h1-11H. The first kappa shape index (κ1) is 15.9.